The average molecular weight is 412 g/mol. The van der Waals surface area contributed by atoms with Crippen LogP contribution < -0.4 is 0 Å². The number of benzene rings is 1. The van der Waals surface area contributed by atoms with Crippen LogP contribution in [0.2, 0.25) is 0 Å². The maximum absolute atomic E-state index is 12.8. The van der Waals surface area contributed by atoms with E-state index in [-0.39, 0.29) is 17.6 Å². The second-order valence-corrected chi connectivity index (χ2v) is 8.63. The molecule has 0 spiro atoms. The number of carbonyl (C=O) groups excluding carboxylic acids is 2. The third kappa shape index (κ3) is 6.00. The maximum atomic E-state index is 12.8. The van der Waals surface area contributed by atoms with Crippen LogP contribution in [-0.2, 0) is 24.1 Å². The van der Waals surface area contributed by atoms with Gasteiger partial charge in [-0.25, -0.2) is 0 Å². The summed E-state index contributed by atoms with van der Waals surface area (Å²) in [6, 6.07) is 8.05. The first-order chi connectivity index (χ1) is 14.5. The van der Waals surface area contributed by atoms with Crippen molar-refractivity contribution >= 4 is 11.7 Å². The SMILES string of the molecule is CCc1noc(CCCC(=O)N2CCC(C(=O)c3ccc(CC(C)C)cc3)CC2)n1. The molecule has 0 saturated carbocycles. The highest BCUT2D eigenvalue weighted by Crippen LogP contribution is 2.23. The number of Topliss-reactive ketones (excluding diaryl/α,β-unsaturated/α-hetero) is 1. The Labute approximate surface area is 179 Å². The summed E-state index contributed by atoms with van der Waals surface area (Å²) >= 11 is 0. The van der Waals surface area contributed by atoms with Gasteiger partial charge in [-0.15, -0.1) is 0 Å². The van der Waals surface area contributed by atoms with Crippen molar-refractivity contribution < 1.29 is 14.1 Å². The summed E-state index contributed by atoms with van der Waals surface area (Å²) in [4.78, 5) is 31.5. The Hall–Kier alpha value is -2.50. The minimum absolute atomic E-state index is 0.0101. The highest BCUT2D eigenvalue weighted by atomic mass is 16.5. The molecule has 0 N–H and O–H groups in total. The minimum atomic E-state index is 0.0101. The number of carbonyl (C=O) groups is 2. The first-order valence-corrected chi connectivity index (χ1v) is 11.2. The molecular weight excluding hydrogens is 378 g/mol. The van der Waals surface area contributed by atoms with Crippen molar-refractivity contribution in [3.8, 4) is 0 Å². The molecule has 162 valence electrons. The first-order valence-electron chi connectivity index (χ1n) is 11.2. The zero-order valence-corrected chi connectivity index (χ0v) is 18.4. The lowest BCUT2D eigenvalue weighted by Gasteiger charge is -2.31. The lowest BCUT2D eigenvalue weighted by Crippen LogP contribution is -2.40. The molecule has 6 heteroatoms. The van der Waals surface area contributed by atoms with Crippen molar-refractivity contribution in [2.75, 3.05) is 13.1 Å². The summed E-state index contributed by atoms with van der Waals surface area (Å²) in [5.74, 6) is 2.28. The average Bonchev–Trinajstić information content (AvgIpc) is 3.21. The van der Waals surface area contributed by atoms with Crippen LogP contribution >= 0.6 is 0 Å². The molecule has 0 aliphatic carbocycles. The van der Waals surface area contributed by atoms with Gasteiger partial charge in [0, 0.05) is 43.8 Å². The van der Waals surface area contributed by atoms with E-state index in [1.807, 2.05) is 24.0 Å². The van der Waals surface area contributed by atoms with E-state index in [0.717, 1.165) is 31.2 Å². The van der Waals surface area contributed by atoms with Crippen molar-refractivity contribution in [2.24, 2.45) is 11.8 Å². The molecule has 1 aromatic carbocycles. The van der Waals surface area contributed by atoms with Gasteiger partial charge in [-0.1, -0.05) is 50.2 Å². The summed E-state index contributed by atoms with van der Waals surface area (Å²) in [5, 5.41) is 3.88. The van der Waals surface area contributed by atoms with Gasteiger partial charge in [-0.05, 0) is 37.2 Å². The smallest absolute Gasteiger partial charge is 0.226 e. The standard InChI is InChI=1S/C24H33N3O3/c1-4-21-25-22(30-26-21)6-5-7-23(28)27-14-12-20(13-15-27)24(29)19-10-8-18(9-11-19)16-17(2)3/h8-11,17,20H,4-7,12-16H2,1-3H3. The summed E-state index contributed by atoms with van der Waals surface area (Å²) in [6.45, 7) is 7.68. The molecule has 2 heterocycles. The van der Waals surface area contributed by atoms with Crippen LogP contribution in [0.15, 0.2) is 28.8 Å². The molecule has 0 radical (unpaired) electrons. The molecule has 1 aliphatic rings. The number of aromatic nitrogens is 2. The van der Waals surface area contributed by atoms with Crippen LogP contribution in [0.1, 0.15) is 74.1 Å². The first kappa shape index (κ1) is 22.2. The van der Waals surface area contributed by atoms with E-state index in [2.05, 4.69) is 36.1 Å². The van der Waals surface area contributed by atoms with Crippen molar-refractivity contribution in [2.45, 2.75) is 65.7 Å². The number of amides is 1. The zero-order chi connectivity index (χ0) is 21.5. The largest absolute Gasteiger partial charge is 0.343 e. The van der Waals surface area contributed by atoms with Crippen LogP contribution in [0.3, 0.4) is 0 Å². The van der Waals surface area contributed by atoms with E-state index in [1.54, 1.807) is 0 Å². The Balaban J connectivity index is 1.42. The normalized spacial score (nSPS) is 15.0. The van der Waals surface area contributed by atoms with Crippen molar-refractivity contribution in [1.82, 2.24) is 15.0 Å². The van der Waals surface area contributed by atoms with Gasteiger partial charge in [0.1, 0.15) is 0 Å². The number of piperidine rings is 1. The molecule has 6 nitrogen and oxygen atoms in total. The Morgan fingerprint density at radius 1 is 1.17 bits per heavy atom. The number of hydrogen-bond acceptors (Lipinski definition) is 5. The molecule has 1 fully saturated rings. The molecular formula is C24H33N3O3. The number of ketones is 1. The molecule has 30 heavy (non-hydrogen) atoms. The third-order valence-electron chi connectivity index (χ3n) is 5.71. The quantitative estimate of drug-likeness (QED) is 0.576. The third-order valence-corrected chi connectivity index (χ3v) is 5.71. The Kier molecular flexibility index (Phi) is 7.77. The summed E-state index contributed by atoms with van der Waals surface area (Å²) in [7, 11) is 0. The van der Waals surface area contributed by atoms with E-state index in [1.165, 1.54) is 5.56 Å². The molecule has 2 aromatic rings. The van der Waals surface area contributed by atoms with E-state index < -0.39 is 0 Å². The van der Waals surface area contributed by atoms with Crippen LogP contribution in [0.4, 0.5) is 0 Å². The molecule has 3 rings (SSSR count). The van der Waals surface area contributed by atoms with Gasteiger partial charge in [0.25, 0.3) is 0 Å². The Bertz CT molecular complexity index is 834. The van der Waals surface area contributed by atoms with E-state index in [0.29, 0.717) is 50.0 Å². The van der Waals surface area contributed by atoms with Gasteiger partial charge in [0.15, 0.2) is 11.6 Å². The van der Waals surface area contributed by atoms with Crippen LogP contribution in [0, 0.1) is 11.8 Å². The fourth-order valence-corrected chi connectivity index (χ4v) is 3.99. The van der Waals surface area contributed by atoms with Gasteiger partial charge < -0.3 is 9.42 Å². The topological polar surface area (TPSA) is 76.3 Å². The van der Waals surface area contributed by atoms with E-state index in [4.69, 9.17) is 4.52 Å². The Morgan fingerprint density at radius 2 is 1.87 bits per heavy atom. The molecule has 1 aliphatic heterocycles. The van der Waals surface area contributed by atoms with Gasteiger partial charge in [-0.3, -0.25) is 9.59 Å². The van der Waals surface area contributed by atoms with Gasteiger partial charge >= 0.3 is 0 Å². The summed E-state index contributed by atoms with van der Waals surface area (Å²) in [5.41, 5.74) is 2.06. The number of hydrogen-bond donors (Lipinski definition) is 0. The Morgan fingerprint density at radius 3 is 2.47 bits per heavy atom. The minimum Gasteiger partial charge on any atom is -0.343 e. The summed E-state index contributed by atoms with van der Waals surface area (Å²) < 4.78 is 5.17. The van der Waals surface area contributed by atoms with E-state index >= 15 is 0 Å². The number of rotatable bonds is 9. The van der Waals surface area contributed by atoms with Crippen LogP contribution in [-0.4, -0.2) is 39.8 Å². The number of likely N-dealkylation sites (tertiary alicyclic amines) is 1. The molecule has 0 bridgehead atoms. The molecule has 1 saturated heterocycles. The fourth-order valence-electron chi connectivity index (χ4n) is 3.99. The second-order valence-electron chi connectivity index (χ2n) is 8.63. The van der Waals surface area contributed by atoms with Crippen molar-refractivity contribution in [1.29, 1.82) is 0 Å². The van der Waals surface area contributed by atoms with Gasteiger partial charge in [0.05, 0.1) is 0 Å². The van der Waals surface area contributed by atoms with Crippen molar-refractivity contribution in [3.63, 3.8) is 0 Å². The van der Waals surface area contributed by atoms with E-state index in [9.17, 15) is 9.59 Å². The predicted molar refractivity (Wildman–Crippen MR) is 115 cm³/mol. The second kappa shape index (κ2) is 10.5. The number of aryl methyl sites for hydroxylation is 2. The zero-order valence-electron chi connectivity index (χ0n) is 18.4. The lowest BCUT2D eigenvalue weighted by atomic mass is 9.88. The highest BCUT2D eigenvalue weighted by molar-refractivity contribution is 5.98. The lowest BCUT2D eigenvalue weighted by molar-refractivity contribution is -0.132. The molecule has 0 atom stereocenters. The number of nitrogens with zero attached hydrogens (tertiary/aromatic N) is 3. The molecule has 0 unspecified atom stereocenters. The summed E-state index contributed by atoms with van der Waals surface area (Å²) in [6.07, 6.45) is 5.05. The van der Waals surface area contributed by atoms with Crippen LogP contribution in [0.25, 0.3) is 0 Å². The monoisotopic (exact) mass is 411 g/mol. The highest BCUT2D eigenvalue weighted by Gasteiger charge is 2.27. The molecule has 1 aromatic heterocycles. The van der Waals surface area contributed by atoms with Crippen molar-refractivity contribution in [3.05, 3.63) is 47.1 Å². The maximum Gasteiger partial charge on any atom is 0.226 e. The fraction of sp³-hybridized carbons (Fsp3) is 0.583. The van der Waals surface area contributed by atoms with Crippen LogP contribution in [0.5, 0.6) is 0 Å². The predicted octanol–water partition coefficient (Wildman–Crippen LogP) is 4.27. The van der Waals surface area contributed by atoms with Gasteiger partial charge in [-0.2, -0.15) is 4.98 Å². The van der Waals surface area contributed by atoms with Gasteiger partial charge in [0.2, 0.25) is 11.8 Å². The molecule has 1 amide bonds.